The predicted molar refractivity (Wildman–Crippen MR) is 92.6 cm³/mol. The zero-order chi connectivity index (χ0) is 14.7. The zero-order valence-electron chi connectivity index (χ0n) is 14.7. The van der Waals surface area contributed by atoms with Gasteiger partial charge in [-0.3, -0.25) is 0 Å². The summed E-state index contributed by atoms with van der Waals surface area (Å²) in [6, 6.07) is 0. The highest BCUT2D eigenvalue weighted by Crippen LogP contribution is 2.43. The quantitative estimate of drug-likeness (QED) is 0.331. The Labute approximate surface area is 128 Å². The highest BCUT2D eigenvalue weighted by Gasteiger charge is 2.37. The van der Waals surface area contributed by atoms with Gasteiger partial charge in [-0.25, -0.2) is 0 Å². The Balaban J connectivity index is 5.04. The van der Waals surface area contributed by atoms with Crippen molar-refractivity contribution in [2.75, 3.05) is 0 Å². The maximum Gasteiger partial charge on any atom is 0.272 e. The molecule has 0 saturated carbocycles. The first-order valence-corrected chi connectivity index (χ1v) is 11.2. The molecular formula is C18H39Al. The lowest BCUT2D eigenvalue weighted by atomic mass is 10.2. The number of hydrogen-bond donors (Lipinski definition) is 0. The molecule has 3 unspecified atom stereocenters. The minimum Gasteiger partial charge on any atom is -0.0819 e. The van der Waals surface area contributed by atoms with Gasteiger partial charge in [0, 0.05) is 0 Å². The molecule has 0 aromatic heterocycles. The minimum atomic E-state index is -0.632. The Morgan fingerprint density at radius 1 is 0.526 bits per heavy atom. The van der Waals surface area contributed by atoms with Crippen molar-refractivity contribution in [3.05, 3.63) is 0 Å². The van der Waals surface area contributed by atoms with Gasteiger partial charge in [0.1, 0.15) is 0 Å². The van der Waals surface area contributed by atoms with Gasteiger partial charge in [0.2, 0.25) is 0 Å². The minimum absolute atomic E-state index is 0.632. The van der Waals surface area contributed by atoms with E-state index < -0.39 is 14.1 Å². The summed E-state index contributed by atoms with van der Waals surface area (Å²) in [5.41, 5.74) is 0. The topological polar surface area (TPSA) is 0 Å². The van der Waals surface area contributed by atoms with Crippen molar-refractivity contribution < 1.29 is 0 Å². The van der Waals surface area contributed by atoms with Crippen LogP contribution in [0.3, 0.4) is 0 Å². The van der Waals surface area contributed by atoms with E-state index in [0.717, 1.165) is 14.3 Å². The molecular weight excluding hydrogens is 243 g/mol. The molecule has 0 aliphatic carbocycles. The lowest BCUT2D eigenvalue weighted by Crippen LogP contribution is -2.32. The molecule has 0 fully saturated rings. The Morgan fingerprint density at radius 2 is 0.789 bits per heavy atom. The lowest BCUT2D eigenvalue weighted by molar-refractivity contribution is 0.579. The first-order chi connectivity index (χ1) is 9.19. The summed E-state index contributed by atoms with van der Waals surface area (Å²) in [6.45, 7) is 14.5. The maximum absolute atomic E-state index is 2.46. The normalized spacial score (nSPS) is 16.1. The van der Waals surface area contributed by atoms with Crippen molar-refractivity contribution in [3.63, 3.8) is 0 Å². The van der Waals surface area contributed by atoms with Gasteiger partial charge < -0.3 is 0 Å². The largest absolute Gasteiger partial charge is 0.272 e. The van der Waals surface area contributed by atoms with Gasteiger partial charge >= 0.3 is 0 Å². The van der Waals surface area contributed by atoms with Crippen molar-refractivity contribution in [1.82, 2.24) is 0 Å². The summed E-state index contributed by atoms with van der Waals surface area (Å²) < 4.78 is 3.33. The third-order valence-electron chi connectivity index (χ3n) is 5.18. The fourth-order valence-corrected chi connectivity index (χ4v) is 10.4. The third-order valence-corrected chi connectivity index (χ3v) is 10.9. The van der Waals surface area contributed by atoms with Crippen LogP contribution in [0.1, 0.15) is 99.3 Å². The first kappa shape index (κ1) is 19.5. The Hall–Kier alpha value is 0.532. The monoisotopic (exact) mass is 282 g/mol. The molecule has 1 heteroatoms. The van der Waals surface area contributed by atoms with Crippen molar-refractivity contribution in [3.8, 4) is 0 Å². The van der Waals surface area contributed by atoms with Gasteiger partial charge in [0.15, 0.2) is 0 Å². The van der Waals surface area contributed by atoms with Gasteiger partial charge in [-0.15, -0.1) is 0 Å². The molecule has 0 aliphatic rings. The van der Waals surface area contributed by atoms with Crippen LogP contribution in [0.4, 0.5) is 0 Å². The van der Waals surface area contributed by atoms with Crippen molar-refractivity contribution in [1.29, 1.82) is 0 Å². The van der Waals surface area contributed by atoms with E-state index >= 15 is 0 Å². The lowest BCUT2D eigenvalue weighted by Gasteiger charge is -2.34. The van der Waals surface area contributed by atoms with Crippen LogP contribution >= 0.6 is 0 Å². The molecule has 0 amide bonds. The van der Waals surface area contributed by atoms with Crippen LogP contribution in [-0.2, 0) is 0 Å². The van der Waals surface area contributed by atoms with E-state index in [4.69, 9.17) is 0 Å². The summed E-state index contributed by atoms with van der Waals surface area (Å²) in [5.74, 6) is 0. The molecule has 3 atom stereocenters. The van der Waals surface area contributed by atoms with Crippen LogP contribution in [0.15, 0.2) is 0 Å². The standard InChI is InChI=1S/3C6H13.Al/c3*1-3-5-6-4-2;/h3*5H,3-4,6H2,1-2H3;. The molecule has 0 radical (unpaired) electrons. The van der Waals surface area contributed by atoms with Crippen LogP contribution in [0.5, 0.6) is 0 Å². The van der Waals surface area contributed by atoms with E-state index in [2.05, 4.69) is 41.5 Å². The molecule has 114 valence electrons. The zero-order valence-corrected chi connectivity index (χ0v) is 15.8. The fraction of sp³-hybridized carbons (Fsp3) is 1.00. The second-order valence-corrected chi connectivity index (χ2v) is 10.4. The van der Waals surface area contributed by atoms with E-state index in [1.54, 1.807) is 0 Å². The van der Waals surface area contributed by atoms with Gasteiger partial charge in [0.05, 0.1) is 0 Å². The van der Waals surface area contributed by atoms with Crippen LogP contribution < -0.4 is 0 Å². The SMILES string of the molecule is CCC[CH](CC)[Al]([CH](CC)CCC)[CH](CC)CCC. The summed E-state index contributed by atoms with van der Waals surface area (Å²) >= 11 is -0.632. The highest BCUT2D eigenvalue weighted by molar-refractivity contribution is 6.63. The number of hydrogen-bond acceptors (Lipinski definition) is 0. The van der Waals surface area contributed by atoms with E-state index in [9.17, 15) is 0 Å². The summed E-state index contributed by atoms with van der Waals surface area (Å²) in [4.78, 5) is 0. The van der Waals surface area contributed by atoms with Gasteiger partial charge in [-0.1, -0.05) is 114 Å². The molecule has 0 spiro atoms. The number of rotatable bonds is 12. The summed E-state index contributed by atoms with van der Waals surface area (Å²) in [6.07, 6.45) is 13.1. The third kappa shape index (κ3) is 6.68. The summed E-state index contributed by atoms with van der Waals surface area (Å²) in [7, 11) is 0. The second kappa shape index (κ2) is 12.3. The fourth-order valence-electron chi connectivity index (χ4n) is 4.27. The average Bonchev–Trinajstić information content (AvgIpc) is 2.43. The van der Waals surface area contributed by atoms with Crippen LogP contribution in [-0.4, -0.2) is 14.1 Å². The smallest absolute Gasteiger partial charge is 0.0819 e. The molecule has 0 nitrogen and oxygen atoms in total. The summed E-state index contributed by atoms with van der Waals surface area (Å²) in [5, 5.41) is 0. The Kier molecular flexibility index (Phi) is 12.6. The van der Waals surface area contributed by atoms with Crippen molar-refractivity contribution in [2.45, 2.75) is 114 Å². The van der Waals surface area contributed by atoms with Gasteiger partial charge in [0.25, 0.3) is 14.1 Å². The van der Waals surface area contributed by atoms with Crippen molar-refractivity contribution >= 4 is 14.1 Å². The molecule has 19 heavy (non-hydrogen) atoms. The molecule has 0 bridgehead atoms. The Bertz CT molecular complexity index is 157. The average molecular weight is 282 g/mol. The highest BCUT2D eigenvalue weighted by atomic mass is 27.2. The molecule has 0 aliphatic heterocycles. The van der Waals surface area contributed by atoms with Gasteiger partial charge in [-0.2, -0.15) is 0 Å². The van der Waals surface area contributed by atoms with Crippen LogP contribution in [0, 0.1) is 0 Å². The second-order valence-electron chi connectivity index (χ2n) is 6.45. The molecule has 0 aromatic carbocycles. The molecule has 0 saturated heterocycles. The first-order valence-electron chi connectivity index (χ1n) is 9.19. The van der Waals surface area contributed by atoms with Crippen LogP contribution in [0.2, 0.25) is 14.3 Å². The molecule has 0 N–H and O–H groups in total. The predicted octanol–water partition coefficient (Wildman–Crippen LogP) is 7.22. The van der Waals surface area contributed by atoms with E-state index in [-0.39, 0.29) is 0 Å². The van der Waals surface area contributed by atoms with Crippen LogP contribution in [0.25, 0.3) is 0 Å². The molecule has 0 rings (SSSR count). The maximum atomic E-state index is 2.46. The van der Waals surface area contributed by atoms with E-state index in [1.807, 2.05) is 0 Å². The Morgan fingerprint density at radius 3 is 0.947 bits per heavy atom. The van der Waals surface area contributed by atoms with Crippen molar-refractivity contribution in [2.24, 2.45) is 0 Å². The molecule has 0 aromatic rings. The molecule has 0 heterocycles. The van der Waals surface area contributed by atoms with E-state index in [0.29, 0.717) is 0 Å². The van der Waals surface area contributed by atoms with E-state index in [1.165, 1.54) is 57.8 Å². The van der Waals surface area contributed by atoms with Gasteiger partial charge in [-0.05, 0) is 0 Å².